The minimum atomic E-state index is -1.45. The number of carbonyl (C=O) groups excluding carboxylic acids is 2. The number of hydrogen-bond acceptors (Lipinski definition) is 5. The van der Waals surface area contributed by atoms with Gasteiger partial charge in [0.2, 0.25) is 5.78 Å². The predicted octanol–water partition coefficient (Wildman–Crippen LogP) is 2.31. The van der Waals surface area contributed by atoms with Crippen LogP contribution in [0.4, 0.5) is 13.6 Å². The fourth-order valence-electron chi connectivity index (χ4n) is 1.66. The van der Waals surface area contributed by atoms with Gasteiger partial charge in [0.05, 0.1) is 12.2 Å². The smallest absolute Gasteiger partial charge is 0.423 e. The van der Waals surface area contributed by atoms with Gasteiger partial charge in [0.25, 0.3) is 0 Å². The van der Waals surface area contributed by atoms with Crippen molar-refractivity contribution in [2.45, 2.75) is 6.92 Å². The lowest BCUT2D eigenvalue weighted by molar-refractivity contribution is -0.138. The van der Waals surface area contributed by atoms with Crippen molar-refractivity contribution in [3.63, 3.8) is 0 Å². The number of rotatable bonds is 6. The molecule has 1 aromatic rings. The molecule has 0 radical (unpaired) electrons. The maximum Gasteiger partial charge on any atom is 0.423 e. The number of ketones is 1. The normalized spacial score (nSPS) is 11.0. The summed E-state index contributed by atoms with van der Waals surface area (Å²) in [7, 11) is 1.20. The third-order valence-electron chi connectivity index (χ3n) is 2.57. The molecule has 2 N–H and O–H groups in total. The van der Waals surface area contributed by atoms with Crippen LogP contribution in [0.3, 0.4) is 0 Å². The number of hydrogen-bond donors (Lipinski definition) is 2. The van der Waals surface area contributed by atoms with Crippen molar-refractivity contribution in [3.05, 3.63) is 44.7 Å². The minimum absolute atomic E-state index is 0.0668. The third-order valence-corrected chi connectivity index (χ3v) is 3.20. The van der Waals surface area contributed by atoms with Gasteiger partial charge in [0.15, 0.2) is 11.6 Å². The molecule has 10 heteroatoms. The number of Topliss-reactive ketones (excluding diaryl/α,β-unsaturated/α-hetero) is 1. The van der Waals surface area contributed by atoms with Crippen LogP contribution in [0, 0.1) is 15.2 Å². The second-order valence-corrected chi connectivity index (χ2v) is 5.62. The molecule has 0 atom stereocenters. The largest absolute Gasteiger partial charge is 0.464 e. The zero-order valence-electron chi connectivity index (χ0n) is 12.6. The summed E-state index contributed by atoms with van der Waals surface area (Å²) in [5.41, 5.74) is 0.535. The summed E-state index contributed by atoms with van der Waals surface area (Å²) in [6, 6.07) is 1.96. The second kappa shape index (κ2) is 8.57. The monoisotopic (exact) mass is 454 g/mol. The lowest BCUT2D eigenvalue weighted by Crippen LogP contribution is -2.35. The lowest BCUT2D eigenvalue weighted by atomic mass is 10.0. The molecule has 0 aliphatic rings. The second-order valence-electron chi connectivity index (χ2n) is 4.37. The van der Waals surface area contributed by atoms with E-state index >= 15 is 0 Å². The maximum atomic E-state index is 13.9. The van der Waals surface area contributed by atoms with Crippen LogP contribution in [0.15, 0.2) is 23.9 Å². The third kappa shape index (κ3) is 5.15. The highest BCUT2D eigenvalue weighted by Crippen LogP contribution is 2.20. The van der Waals surface area contributed by atoms with Gasteiger partial charge >= 0.3 is 12.1 Å². The molecule has 130 valence electrons. The van der Waals surface area contributed by atoms with Gasteiger partial charge in [-0.2, -0.15) is 0 Å². The van der Waals surface area contributed by atoms with Crippen LogP contribution in [0.25, 0.3) is 0 Å². The SMILES string of the molecule is CCOC(=O)C(=CN(C)NC(=O)O)C(=O)c1cc(I)cc(F)c1F. The topological polar surface area (TPSA) is 95.9 Å². The van der Waals surface area contributed by atoms with Crippen LogP contribution in [0.5, 0.6) is 0 Å². The van der Waals surface area contributed by atoms with E-state index in [4.69, 9.17) is 9.84 Å². The molecule has 0 fully saturated rings. The van der Waals surface area contributed by atoms with E-state index in [2.05, 4.69) is 0 Å². The summed E-state index contributed by atoms with van der Waals surface area (Å²) in [4.78, 5) is 34.9. The zero-order valence-corrected chi connectivity index (χ0v) is 14.8. The van der Waals surface area contributed by atoms with E-state index in [1.807, 2.05) is 5.43 Å². The van der Waals surface area contributed by atoms with E-state index in [9.17, 15) is 23.2 Å². The Labute approximate surface area is 149 Å². The Morgan fingerprint density at radius 3 is 2.54 bits per heavy atom. The van der Waals surface area contributed by atoms with Gasteiger partial charge in [0.1, 0.15) is 5.57 Å². The molecule has 7 nitrogen and oxygen atoms in total. The summed E-state index contributed by atoms with van der Waals surface area (Å²) >= 11 is 1.68. The van der Waals surface area contributed by atoms with Gasteiger partial charge < -0.3 is 9.84 Å². The quantitative estimate of drug-likeness (QED) is 0.100. The molecule has 1 rings (SSSR count). The molecule has 1 amide bonds. The van der Waals surface area contributed by atoms with Gasteiger partial charge in [-0.1, -0.05) is 0 Å². The number of carboxylic acid groups (broad SMARTS) is 1. The van der Waals surface area contributed by atoms with Gasteiger partial charge in [0, 0.05) is 16.8 Å². The number of nitrogens with one attached hydrogen (secondary N) is 1. The van der Waals surface area contributed by atoms with E-state index in [1.54, 1.807) is 22.6 Å². The summed E-state index contributed by atoms with van der Waals surface area (Å²) in [6.07, 6.45) is -0.623. The number of esters is 1. The fourth-order valence-corrected chi connectivity index (χ4v) is 2.24. The summed E-state index contributed by atoms with van der Waals surface area (Å²) < 4.78 is 32.3. The van der Waals surface area contributed by atoms with E-state index in [0.29, 0.717) is 0 Å². The van der Waals surface area contributed by atoms with E-state index in [-0.39, 0.29) is 10.2 Å². The number of carbonyl (C=O) groups is 3. The van der Waals surface area contributed by atoms with Crippen molar-refractivity contribution in [3.8, 4) is 0 Å². The fraction of sp³-hybridized carbons (Fsp3) is 0.214. The summed E-state index contributed by atoms with van der Waals surface area (Å²) in [5.74, 6) is -4.89. The van der Waals surface area contributed by atoms with Crippen LogP contribution < -0.4 is 5.43 Å². The van der Waals surface area contributed by atoms with Crippen molar-refractivity contribution < 1.29 is 33.0 Å². The number of amides is 1. The molecule has 0 bridgehead atoms. The molecule has 0 aliphatic carbocycles. The minimum Gasteiger partial charge on any atom is -0.464 e. The van der Waals surface area contributed by atoms with Gasteiger partial charge in [-0.3, -0.25) is 9.80 Å². The number of benzene rings is 1. The molecule has 0 aliphatic heterocycles. The Bertz CT molecular complexity index is 709. The molecule has 0 unspecified atom stereocenters. The van der Waals surface area contributed by atoms with Crippen LogP contribution in [-0.4, -0.2) is 41.6 Å². The molecular formula is C14H13F2IN2O5. The highest BCUT2D eigenvalue weighted by atomic mass is 127. The van der Waals surface area contributed by atoms with Crippen LogP contribution in [0.1, 0.15) is 17.3 Å². The first-order valence-corrected chi connectivity index (χ1v) is 7.55. The van der Waals surface area contributed by atoms with Crippen LogP contribution in [0.2, 0.25) is 0 Å². The Kier molecular flexibility index (Phi) is 7.07. The van der Waals surface area contributed by atoms with Gasteiger partial charge in [-0.15, -0.1) is 0 Å². The van der Waals surface area contributed by atoms with Crippen molar-refractivity contribution in [2.24, 2.45) is 0 Å². The highest BCUT2D eigenvalue weighted by Gasteiger charge is 2.26. The molecule has 0 spiro atoms. The molecule has 0 aromatic heterocycles. The maximum absolute atomic E-state index is 13.9. The van der Waals surface area contributed by atoms with Gasteiger partial charge in [-0.25, -0.2) is 23.8 Å². The van der Waals surface area contributed by atoms with Crippen molar-refractivity contribution in [1.29, 1.82) is 0 Å². The number of hydrazine groups is 1. The molecule has 1 aromatic carbocycles. The van der Waals surface area contributed by atoms with E-state index in [0.717, 1.165) is 23.3 Å². The number of halogens is 3. The molecule has 0 saturated carbocycles. The Morgan fingerprint density at radius 1 is 1.38 bits per heavy atom. The molecule has 0 saturated heterocycles. The summed E-state index contributed by atoms with van der Waals surface area (Å²) in [6.45, 7) is 1.42. The number of ether oxygens (including phenoxy) is 1. The summed E-state index contributed by atoms with van der Waals surface area (Å²) in [5, 5.41) is 9.42. The Morgan fingerprint density at radius 2 is 2.00 bits per heavy atom. The van der Waals surface area contributed by atoms with Crippen LogP contribution in [-0.2, 0) is 9.53 Å². The number of nitrogens with zero attached hydrogens (tertiary/aromatic N) is 1. The first kappa shape index (κ1) is 19.8. The first-order valence-electron chi connectivity index (χ1n) is 6.48. The lowest BCUT2D eigenvalue weighted by Gasteiger charge is -2.15. The Hall–Kier alpha value is -2.24. The Balaban J connectivity index is 3.34. The average molecular weight is 454 g/mol. The van der Waals surface area contributed by atoms with Crippen LogP contribution >= 0.6 is 22.6 Å². The van der Waals surface area contributed by atoms with Crippen molar-refractivity contribution in [1.82, 2.24) is 10.4 Å². The molecule has 0 heterocycles. The standard InChI is InChI=1S/C14H13F2IN2O5/c1-3-24-13(21)9(6-19(2)18-14(22)23)12(20)8-4-7(17)5-10(15)11(8)16/h4-6,18H,3H2,1-2H3,(H,22,23). The van der Waals surface area contributed by atoms with Crippen molar-refractivity contribution >= 4 is 40.4 Å². The zero-order chi connectivity index (χ0) is 18.4. The van der Waals surface area contributed by atoms with Crippen molar-refractivity contribution in [2.75, 3.05) is 13.7 Å². The van der Waals surface area contributed by atoms with E-state index in [1.165, 1.54) is 14.0 Å². The van der Waals surface area contributed by atoms with Gasteiger partial charge in [-0.05, 0) is 41.6 Å². The predicted molar refractivity (Wildman–Crippen MR) is 87.0 cm³/mol. The molecule has 24 heavy (non-hydrogen) atoms. The molecular weight excluding hydrogens is 441 g/mol. The first-order chi connectivity index (χ1) is 11.2. The average Bonchev–Trinajstić information content (AvgIpc) is 2.47. The highest BCUT2D eigenvalue weighted by molar-refractivity contribution is 14.1. The van der Waals surface area contributed by atoms with E-state index < -0.39 is 40.6 Å².